The second-order valence-corrected chi connectivity index (χ2v) is 8.31. The molecule has 0 aliphatic rings. The van der Waals surface area contributed by atoms with Gasteiger partial charge < -0.3 is 10.2 Å². The number of rotatable bonds is 7. The number of amides is 1. The Labute approximate surface area is 146 Å². The van der Waals surface area contributed by atoms with Gasteiger partial charge in [0.15, 0.2) is 0 Å². The van der Waals surface area contributed by atoms with Gasteiger partial charge in [0.25, 0.3) is 5.91 Å². The fourth-order valence-corrected chi connectivity index (χ4v) is 3.93. The number of hydrogen-bond donors (Lipinski definition) is 2. The van der Waals surface area contributed by atoms with Crippen LogP contribution in [0.3, 0.4) is 0 Å². The average molecular weight is 367 g/mol. The number of hydrogen-bond acceptors (Lipinski definition) is 5. The molecule has 2 aromatic rings. The molecule has 6 nitrogen and oxygen atoms in total. The zero-order valence-electron chi connectivity index (χ0n) is 13.8. The van der Waals surface area contributed by atoms with Crippen molar-refractivity contribution in [3.05, 3.63) is 52.2 Å². The molecule has 0 radical (unpaired) electrons. The topological polar surface area (TPSA) is 78.5 Å². The minimum absolute atomic E-state index is 0.0678. The summed E-state index contributed by atoms with van der Waals surface area (Å²) in [5, 5.41) is 4.88. The van der Waals surface area contributed by atoms with Gasteiger partial charge in [-0.2, -0.15) is 0 Å². The minimum Gasteiger partial charge on any atom is -0.350 e. The number of nitrogens with zero attached hydrogens (tertiary/aromatic N) is 1. The third-order valence-electron chi connectivity index (χ3n) is 3.63. The molecule has 1 atom stereocenters. The van der Waals surface area contributed by atoms with Crippen molar-refractivity contribution in [2.45, 2.75) is 10.9 Å². The maximum atomic E-state index is 12.4. The molecule has 24 heavy (non-hydrogen) atoms. The molecule has 1 aromatic carbocycles. The molecule has 0 aliphatic heterocycles. The number of carbonyl (C=O) groups is 1. The lowest BCUT2D eigenvalue weighted by Gasteiger charge is -2.23. The van der Waals surface area contributed by atoms with Crippen LogP contribution in [0.2, 0.25) is 0 Å². The second-order valence-electron chi connectivity index (χ2n) is 5.44. The normalized spacial score (nSPS) is 13.0. The highest BCUT2D eigenvalue weighted by Gasteiger charge is 2.18. The van der Waals surface area contributed by atoms with Gasteiger partial charge in [0.1, 0.15) is 0 Å². The van der Waals surface area contributed by atoms with Crippen molar-refractivity contribution < 1.29 is 13.2 Å². The van der Waals surface area contributed by atoms with Crippen molar-refractivity contribution in [1.82, 2.24) is 14.9 Å². The van der Waals surface area contributed by atoms with Crippen LogP contribution in [0.5, 0.6) is 0 Å². The molecule has 8 heteroatoms. The van der Waals surface area contributed by atoms with Gasteiger partial charge >= 0.3 is 0 Å². The Morgan fingerprint density at radius 2 is 2.00 bits per heavy atom. The molecular formula is C16H21N3O3S2. The Morgan fingerprint density at radius 3 is 2.58 bits per heavy atom. The second kappa shape index (κ2) is 7.89. The van der Waals surface area contributed by atoms with E-state index in [-0.39, 0.29) is 16.8 Å². The fourth-order valence-electron chi connectivity index (χ4n) is 2.23. The summed E-state index contributed by atoms with van der Waals surface area (Å²) >= 11 is 1.64. The largest absolute Gasteiger partial charge is 0.350 e. The Balaban J connectivity index is 2.11. The van der Waals surface area contributed by atoms with Crippen LogP contribution in [0.1, 0.15) is 21.3 Å². The van der Waals surface area contributed by atoms with E-state index >= 15 is 0 Å². The molecule has 0 spiro atoms. The van der Waals surface area contributed by atoms with Crippen molar-refractivity contribution in [1.29, 1.82) is 0 Å². The van der Waals surface area contributed by atoms with Crippen LogP contribution in [-0.4, -0.2) is 46.9 Å². The average Bonchev–Trinajstić information content (AvgIpc) is 3.09. The van der Waals surface area contributed by atoms with E-state index in [0.29, 0.717) is 12.1 Å². The Hall–Kier alpha value is -1.74. The predicted octanol–water partition coefficient (Wildman–Crippen LogP) is 1.69. The van der Waals surface area contributed by atoms with Crippen molar-refractivity contribution in [2.24, 2.45) is 0 Å². The monoisotopic (exact) mass is 367 g/mol. The molecule has 1 heterocycles. The van der Waals surface area contributed by atoms with Crippen molar-refractivity contribution in [2.75, 3.05) is 27.7 Å². The van der Waals surface area contributed by atoms with Crippen LogP contribution < -0.4 is 10.0 Å². The van der Waals surface area contributed by atoms with E-state index in [4.69, 9.17) is 0 Å². The molecule has 2 rings (SSSR count). The molecule has 0 aliphatic carbocycles. The predicted molar refractivity (Wildman–Crippen MR) is 95.8 cm³/mol. The van der Waals surface area contributed by atoms with E-state index in [2.05, 4.69) is 10.0 Å². The molecular weight excluding hydrogens is 346 g/mol. The van der Waals surface area contributed by atoms with Gasteiger partial charge in [-0.25, -0.2) is 13.1 Å². The number of benzene rings is 1. The summed E-state index contributed by atoms with van der Waals surface area (Å²) in [6.07, 6.45) is 0. The van der Waals surface area contributed by atoms with Gasteiger partial charge in [-0.3, -0.25) is 4.79 Å². The Bertz CT molecular complexity index is 787. The van der Waals surface area contributed by atoms with E-state index in [1.54, 1.807) is 23.5 Å². The Morgan fingerprint density at radius 1 is 1.25 bits per heavy atom. The lowest BCUT2D eigenvalue weighted by atomic mass is 10.2. The SMILES string of the molecule is CNS(=O)(=O)c1cccc(C(=O)NC[C@H](c2cccs2)N(C)C)c1. The summed E-state index contributed by atoms with van der Waals surface area (Å²) < 4.78 is 25.9. The van der Waals surface area contributed by atoms with Gasteiger partial charge in [-0.05, 0) is 50.8 Å². The molecule has 1 aromatic heterocycles. The smallest absolute Gasteiger partial charge is 0.251 e. The summed E-state index contributed by atoms with van der Waals surface area (Å²) in [6, 6.07) is 10.1. The number of carbonyl (C=O) groups excluding carboxylic acids is 1. The molecule has 1 amide bonds. The van der Waals surface area contributed by atoms with Crippen LogP contribution in [0, 0.1) is 0 Å². The van der Waals surface area contributed by atoms with Crippen molar-refractivity contribution in [3.8, 4) is 0 Å². The summed E-state index contributed by atoms with van der Waals surface area (Å²) in [7, 11) is 1.68. The first-order valence-electron chi connectivity index (χ1n) is 7.37. The highest BCUT2D eigenvalue weighted by atomic mass is 32.2. The molecule has 0 bridgehead atoms. The van der Waals surface area contributed by atoms with Crippen molar-refractivity contribution >= 4 is 27.3 Å². The highest BCUT2D eigenvalue weighted by molar-refractivity contribution is 7.89. The van der Waals surface area contributed by atoms with Gasteiger partial charge in [-0.15, -0.1) is 11.3 Å². The fraction of sp³-hybridized carbons (Fsp3) is 0.312. The van der Waals surface area contributed by atoms with Crippen molar-refractivity contribution in [3.63, 3.8) is 0 Å². The van der Waals surface area contributed by atoms with E-state index in [1.807, 2.05) is 36.5 Å². The lowest BCUT2D eigenvalue weighted by molar-refractivity contribution is 0.0942. The molecule has 0 saturated carbocycles. The zero-order valence-corrected chi connectivity index (χ0v) is 15.4. The Kier molecular flexibility index (Phi) is 6.11. The first-order valence-corrected chi connectivity index (χ1v) is 9.73. The van der Waals surface area contributed by atoms with E-state index in [1.165, 1.54) is 19.2 Å². The first kappa shape index (κ1) is 18.6. The molecule has 0 fully saturated rings. The van der Waals surface area contributed by atoms with Crippen LogP contribution in [0.4, 0.5) is 0 Å². The van der Waals surface area contributed by atoms with Gasteiger partial charge in [0, 0.05) is 17.0 Å². The lowest BCUT2D eigenvalue weighted by Crippen LogP contribution is -2.34. The maximum Gasteiger partial charge on any atom is 0.251 e. The van der Waals surface area contributed by atoms with Gasteiger partial charge in [-0.1, -0.05) is 12.1 Å². The van der Waals surface area contributed by atoms with Crippen LogP contribution >= 0.6 is 11.3 Å². The maximum absolute atomic E-state index is 12.4. The van der Waals surface area contributed by atoms with E-state index < -0.39 is 10.0 Å². The standard InChI is InChI=1S/C16H21N3O3S2/c1-17-24(21,22)13-7-4-6-12(10-13)16(20)18-11-14(19(2)3)15-8-5-9-23-15/h4-10,14,17H,11H2,1-3H3,(H,18,20)/t14-/m1/s1. The minimum atomic E-state index is -3.57. The third-order valence-corrected chi connectivity index (χ3v) is 6.01. The van der Waals surface area contributed by atoms with Crippen LogP contribution in [-0.2, 0) is 10.0 Å². The number of nitrogens with one attached hydrogen (secondary N) is 2. The summed E-state index contributed by atoms with van der Waals surface area (Å²) in [5.41, 5.74) is 0.315. The summed E-state index contributed by atoms with van der Waals surface area (Å²) in [5.74, 6) is -0.299. The van der Waals surface area contributed by atoms with Crippen LogP contribution in [0.15, 0.2) is 46.7 Å². The van der Waals surface area contributed by atoms with Gasteiger partial charge in [0.05, 0.1) is 10.9 Å². The highest BCUT2D eigenvalue weighted by Crippen LogP contribution is 2.22. The van der Waals surface area contributed by atoms with Crippen LogP contribution in [0.25, 0.3) is 0 Å². The molecule has 0 saturated heterocycles. The third kappa shape index (κ3) is 4.41. The summed E-state index contributed by atoms with van der Waals surface area (Å²) in [6.45, 7) is 0.440. The quantitative estimate of drug-likeness (QED) is 0.781. The first-order chi connectivity index (χ1) is 11.3. The number of thiophene rings is 1. The number of likely N-dealkylation sites (N-methyl/N-ethyl adjacent to an activating group) is 1. The zero-order chi connectivity index (χ0) is 17.7. The summed E-state index contributed by atoms with van der Waals surface area (Å²) in [4.78, 5) is 15.6. The molecule has 130 valence electrons. The molecule has 0 unspecified atom stereocenters. The van der Waals surface area contributed by atoms with E-state index in [0.717, 1.165) is 4.88 Å². The van der Waals surface area contributed by atoms with Gasteiger partial charge in [0.2, 0.25) is 10.0 Å². The molecule has 2 N–H and O–H groups in total. The van der Waals surface area contributed by atoms with E-state index in [9.17, 15) is 13.2 Å². The number of sulfonamides is 1.